The molecule has 5 heteroatoms. The monoisotopic (exact) mass is 307 g/mol. The zero-order valence-corrected chi connectivity index (χ0v) is 14.3. The Balaban J connectivity index is 2.31. The van der Waals surface area contributed by atoms with Crippen molar-refractivity contribution in [1.82, 2.24) is 9.88 Å². The lowest BCUT2D eigenvalue weighted by molar-refractivity contribution is 0.189. The van der Waals surface area contributed by atoms with Crippen molar-refractivity contribution in [3.05, 3.63) is 24.4 Å². The van der Waals surface area contributed by atoms with Crippen LogP contribution in [0.15, 0.2) is 29.4 Å². The van der Waals surface area contributed by atoms with Crippen molar-refractivity contribution in [2.45, 2.75) is 46.7 Å². The molecule has 0 saturated carbocycles. The molecule has 0 bridgehead atoms. The van der Waals surface area contributed by atoms with E-state index in [1.807, 2.05) is 25.1 Å². The molecule has 0 aromatic carbocycles. The Kier molecular flexibility index (Phi) is 9.23. The van der Waals surface area contributed by atoms with Gasteiger partial charge in [-0.05, 0) is 38.9 Å². The molecule has 1 aromatic rings. The number of ether oxygens (including phenoxy) is 2. The van der Waals surface area contributed by atoms with Crippen molar-refractivity contribution in [2.75, 3.05) is 26.3 Å². The SMILES string of the molecule is CCCN(CCC)C(C)/N=C(\C)OCCOc1ccccn1. The van der Waals surface area contributed by atoms with Gasteiger partial charge in [0.1, 0.15) is 19.4 Å². The number of aromatic nitrogens is 1. The minimum Gasteiger partial charge on any atom is -0.478 e. The second kappa shape index (κ2) is 11.0. The molecular weight excluding hydrogens is 278 g/mol. The topological polar surface area (TPSA) is 47.0 Å². The highest BCUT2D eigenvalue weighted by atomic mass is 16.5. The fraction of sp³-hybridized carbons (Fsp3) is 0.647. The second-order valence-electron chi connectivity index (χ2n) is 5.18. The second-order valence-corrected chi connectivity index (χ2v) is 5.18. The maximum Gasteiger partial charge on any atom is 0.213 e. The first-order valence-electron chi connectivity index (χ1n) is 8.12. The van der Waals surface area contributed by atoms with E-state index in [0.29, 0.717) is 25.0 Å². The summed E-state index contributed by atoms with van der Waals surface area (Å²) < 4.78 is 11.1. The molecule has 0 fully saturated rings. The largest absolute Gasteiger partial charge is 0.478 e. The van der Waals surface area contributed by atoms with Crippen molar-refractivity contribution < 1.29 is 9.47 Å². The average molecular weight is 307 g/mol. The molecule has 0 radical (unpaired) electrons. The first-order chi connectivity index (χ1) is 10.7. The predicted octanol–water partition coefficient (Wildman–Crippen LogP) is 3.36. The van der Waals surface area contributed by atoms with Crippen LogP contribution in [0.3, 0.4) is 0 Å². The van der Waals surface area contributed by atoms with Crippen molar-refractivity contribution in [3.8, 4) is 5.88 Å². The Morgan fingerprint density at radius 2 is 1.95 bits per heavy atom. The molecule has 1 unspecified atom stereocenters. The lowest BCUT2D eigenvalue weighted by Gasteiger charge is -2.25. The highest BCUT2D eigenvalue weighted by molar-refractivity contribution is 5.73. The average Bonchev–Trinajstić information content (AvgIpc) is 2.52. The van der Waals surface area contributed by atoms with Crippen LogP contribution in [0.2, 0.25) is 0 Å². The summed E-state index contributed by atoms with van der Waals surface area (Å²) in [4.78, 5) is 11.1. The van der Waals surface area contributed by atoms with E-state index in [4.69, 9.17) is 9.47 Å². The van der Waals surface area contributed by atoms with E-state index in [9.17, 15) is 0 Å². The molecule has 0 aliphatic rings. The van der Waals surface area contributed by atoms with Crippen molar-refractivity contribution >= 4 is 5.90 Å². The van der Waals surface area contributed by atoms with E-state index >= 15 is 0 Å². The minimum atomic E-state index is 0.150. The van der Waals surface area contributed by atoms with Gasteiger partial charge >= 0.3 is 0 Å². The molecule has 22 heavy (non-hydrogen) atoms. The summed E-state index contributed by atoms with van der Waals surface area (Å²) in [5.74, 6) is 1.32. The van der Waals surface area contributed by atoms with Crippen LogP contribution in [0.4, 0.5) is 0 Å². The Morgan fingerprint density at radius 3 is 2.55 bits per heavy atom. The van der Waals surface area contributed by atoms with Gasteiger partial charge in [0.2, 0.25) is 5.88 Å². The van der Waals surface area contributed by atoms with E-state index in [2.05, 4.69) is 35.6 Å². The van der Waals surface area contributed by atoms with Crippen LogP contribution in [-0.2, 0) is 4.74 Å². The van der Waals surface area contributed by atoms with Gasteiger partial charge in [-0.3, -0.25) is 4.90 Å². The maximum absolute atomic E-state index is 5.61. The third kappa shape index (κ3) is 7.41. The number of pyridine rings is 1. The van der Waals surface area contributed by atoms with Crippen LogP contribution in [0.5, 0.6) is 5.88 Å². The van der Waals surface area contributed by atoms with Crippen molar-refractivity contribution in [2.24, 2.45) is 4.99 Å². The summed E-state index contributed by atoms with van der Waals surface area (Å²) in [6.45, 7) is 11.5. The lowest BCUT2D eigenvalue weighted by atomic mass is 10.3. The van der Waals surface area contributed by atoms with Gasteiger partial charge in [-0.15, -0.1) is 0 Å². The molecule has 0 N–H and O–H groups in total. The van der Waals surface area contributed by atoms with Crippen LogP contribution < -0.4 is 4.74 Å². The van der Waals surface area contributed by atoms with Crippen LogP contribution in [0.1, 0.15) is 40.5 Å². The predicted molar refractivity (Wildman–Crippen MR) is 90.4 cm³/mol. The number of aliphatic imine (C=N–C) groups is 1. The highest BCUT2D eigenvalue weighted by Gasteiger charge is 2.11. The van der Waals surface area contributed by atoms with Gasteiger partial charge in [-0.1, -0.05) is 19.9 Å². The van der Waals surface area contributed by atoms with E-state index in [-0.39, 0.29) is 6.17 Å². The third-order valence-electron chi connectivity index (χ3n) is 3.20. The lowest BCUT2D eigenvalue weighted by Crippen LogP contribution is -2.34. The van der Waals surface area contributed by atoms with Gasteiger partial charge in [0.15, 0.2) is 5.90 Å². The Bertz CT molecular complexity index is 417. The smallest absolute Gasteiger partial charge is 0.213 e. The molecule has 0 spiro atoms. The summed E-state index contributed by atoms with van der Waals surface area (Å²) in [5, 5.41) is 0. The van der Waals surface area contributed by atoms with Crippen LogP contribution in [0.25, 0.3) is 0 Å². The molecule has 0 aliphatic carbocycles. The van der Waals surface area contributed by atoms with E-state index < -0.39 is 0 Å². The molecule has 124 valence electrons. The maximum atomic E-state index is 5.61. The number of nitrogens with zero attached hydrogens (tertiary/aromatic N) is 3. The standard InChI is InChI=1S/C17H29N3O2/c1-5-11-20(12-6-2)15(3)19-16(4)21-13-14-22-17-9-7-8-10-18-17/h7-10,15H,5-6,11-14H2,1-4H3/b19-16+. The molecule has 0 amide bonds. The molecular formula is C17H29N3O2. The molecule has 1 rings (SSSR count). The number of hydrogen-bond donors (Lipinski definition) is 0. The quantitative estimate of drug-likeness (QED) is 0.378. The fourth-order valence-corrected chi connectivity index (χ4v) is 2.21. The number of hydrogen-bond acceptors (Lipinski definition) is 5. The molecule has 1 heterocycles. The highest BCUT2D eigenvalue weighted by Crippen LogP contribution is 2.05. The van der Waals surface area contributed by atoms with Crippen molar-refractivity contribution in [3.63, 3.8) is 0 Å². The summed E-state index contributed by atoms with van der Waals surface area (Å²) in [7, 11) is 0. The molecule has 1 atom stereocenters. The summed E-state index contributed by atoms with van der Waals surface area (Å²) in [5.41, 5.74) is 0. The van der Waals surface area contributed by atoms with Gasteiger partial charge in [-0.25, -0.2) is 9.98 Å². The van der Waals surface area contributed by atoms with E-state index in [1.54, 1.807) is 6.20 Å². The van der Waals surface area contributed by atoms with Gasteiger partial charge in [-0.2, -0.15) is 0 Å². The summed E-state index contributed by atoms with van der Waals surface area (Å²) in [6.07, 6.45) is 4.13. The van der Waals surface area contributed by atoms with Gasteiger partial charge < -0.3 is 9.47 Å². The minimum absolute atomic E-state index is 0.150. The first kappa shape index (κ1) is 18.4. The van der Waals surface area contributed by atoms with Crippen molar-refractivity contribution in [1.29, 1.82) is 0 Å². The molecule has 1 aromatic heterocycles. The first-order valence-corrected chi connectivity index (χ1v) is 8.12. The summed E-state index contributed by atoms with van der Waals surface area (Å²) >= 11 is 0. The van der Waals surface area contributed by atoms with Gasteiger partial charge in [0, 0.05) is 19.2 Å². The normalized spacial score (nSPS) is 13.2. The number of rotatable bonds is 10. The van der Waals surface area contributed by atoms with E-state index in [0.717, 1.165) is 25.9 Å². The molecule has 0 saturated heterocycles. The molecule has 5 nitrogen and oxygen atoms in total. The zero-order valence-electron chi connectivity index (χ0n) is 14.3. The third-order valence-corrected chi connectivity index (χ3v) is 3.20. The van der Waals surface area contributed by atoms with Crippen LogP contribution in [0, 0.1) is 0 Å². The molecule has 0 aliphatic heterocycles. The van der Waals surface area contributed by atoms with Crippen LogP contribution in [-0.4, -0.2) is 48.3 Å². The zero-order chi connectivity index (χ0) is 16.2. The van der Waals surface area contributed by atoms with Gasteiger partial charge in [0.05, 0.1) is 0 Å². The Hall–Kier alpha value is -1.62. The van der Waals surface area contributed by atoms with Gasteiger partial charge in [0.25, 0.3) is 0 Å². The Morgan fingerprint density at radius 1 is 1.23 bits per heavy atom. The van der Waals surface area contributed by atoms with Crippen LogP contribution >= 0.6 is 0 Å². The fourth-order valence-electron chi connectivity index (χ4n) is 2.21. The van der Waals surface area contributed by atoms with E-state index in [1.165, 1.54) is 0 Å². The Labute approximate surface area is 134 Å². The summed E-state index contributed by atoms with van der Waals surface area (Å²) in [6, 6.07) is 5.59.